The molecule has 0 radical (unpaired) electrons. The Morgan fingerprint density at radius 2 is 1.69 bits per heavy atom. The fraction of sp³-hybridized carbons (Fsp3) is 0.500. The lowest BCUT2D eigenvalue weighted by Gasteiger charge is -2.22. The highest BCUT2D eigenvalue weighted by Gasteiger charge is 2.22. The van der Waals surface area contributed by atoms with Crippen LogP contribution < -0.4 is 9.47 Å². The molecule has 1 N–H and O–H groups in total. The Morgan fingerprint density at radius 3 is 2.06 bits per heavy atom. The molecule has 1 aromatic rings. The van der Waals surface area contributed by atoms with E-state index < -0.39 is 12.3 Å². The number of halogens is 1. The first-order chi connectivity index (χ1) is 7.43. The predicted octanol–water partition coefficient (Wildman–Crippen LogP) is 2.40. The number of methoxy groups -OCH3 is 2. The van der Waals surface area contributed by atoms with Crippen LogP contribution in [0.25, 0.3) is 0 Å². The van der Waals surface area contributed by atoms with Crippen molar-refractivity contribution in [3.63, 3.8) is 0 Å². The summed E-state index contributed by atoms with van der Waals surface area (Å²) in [5.74, 6) is 0.944. The van der Waals surface area contributed by atoms with E-state index in [-0.39, 0.29) is 0 Å². The lowest BCUT2D eigenvalue weighted by atomic mass is 9.93. The third kappa shape index (κ3) is 2.44. The van der Waals surface area contributed by atoms with Crippen molar-refractivity contribution in [3.8, 4) is 11.5 Å². The van der Waals surface area contributed by atoms with Crippen LogP contribution >= 0.6 is 0 Å². The number of alkyl halides is 1. The standard InChI is InChI=1S/C12H17FO3/c1-12(2,14)9-6-11(16-4)10(15-3)5-8(9)7-13/h5-6,14H,7H2,1-4H3. The van der Waals surface area contributed by atoms with Gasteiger partial charge in [0.15, 0.2) is 11.5 Å². The minimum Gasteiger partial charge on any atom is -0.493 e. The molecule has 0 aliphatic heterocycles. The zero-order chi connectivity index (χ0) is 12.3. The lowest BCUT2D eigenvalue weighted by Crippen LogP contribution is -2.18. The summed E-state index contributed by atoms with van der Waals surface area (Å²) in [6.45, 7) is 2.56. The third-order valence-corrected chi connectivity index (χ3v) is 2.41. The van der Waals surface area contributed by atoms with Gasteiger partial charge in [-0.05, 0) is 37.1 Å². The first-order valence-electron chi connectivity index (χ1n) is 4.97. The molecule has 0 fully saturated rings. The fourth-order valence-electron chi connectivity index (χ4n) is 1.60. The molecule has 0 heterocycles. The number of aliphatic hydroxyl groups is 1. The maximum atomic E-state index is 12.9. The van der Waals surface area contributed by atoms with Crippen molar-refractivity contribution >= 4 is 0 Å². The van der Waals surface area contributed by atoms with Crippen molar-refractivity contribution in [3.05, 3.63) is 23.3 Å². The summed E-state index contributed by atoms with van der Waals surface area (Å²) in [6.07, 6.45) is 0. The Labute approximate surface area is 94.8 Å². The molecule has 16 heavy (non-hydrogen) atoms. The Morgan fingerprint density at radius 1 is 1.19 bits per heavy atom. The van der Waals surface area contributed by atoms with Gasteiger partial charge in [0.05, 0.1) is 19.8 Å². The molecule has 1 rings (SSSR count). The molecular formula is C12H17FO3. The number of ether oxygens (including phenoxy) is 2. The van der Waals surface area contributed by atoms with Crippen molar-refractivity contribution < 1.29 is 19.0 Å². The molecule has 0 aromatic heterocycles. The van der Waals surface area contributed by atoms with Crippen LogP contribution in [0.2, 0.25) is 0 Å². The van der Waals surface area contributed by atoms with E-state index >= 15 is 0 Å². The largest absolute Gasteiger partial charge is 0.493 e. The van der Waals surface area contributed by atoms with Gasteiger partial charge in [0.25, 0.3) is 0 Å². The third-order valence-electron chi connectivity index (χ3n) is 2.41. The van der Waals surface area contributed by atoms with Gasteiger partial charge in [0.1, 0.15) is 6.67 Å². The van der Waals surface area contributed by atoms with Crippen LogP contribution in [0, 0.1) is 0 Å². The van der Waals surface area contributed by atoms with E-state index in [1.807, 2.05) is 0 Å². The fourth-order valence-corrected chi connectivity index (χ4v) is 1.60. The molecule has 0 unspecified atom stereocenters. The highest BCUT2D eigenvalue weighted by molar-refractivity contribution is 5.48. The van der Waals surface area contributed by atoms with Crippen LogP contribution in [0.4, 0.5) is 4.39 Å². The highest BCUT2D eigenvalue weighted by atomic mass is 19.1. The van der Waals surface area contributed by atoms with Crippen molar-refractivity contribution in [2.24, 2.45) is 0 Å². The summed E-state index contributed by atoms with van der Waals surface area (Å²) >= 11 is 0. The van der Waals surface area contributed by atoms with Gasteiger partial charge in [0, 0.05) is 0 Å². The second kappa shape index (κ2) is 4.70. The van der Waals surface area contributed by atoms with Crippen LogP contribution in [-0.2, 0) is 12.3 Å². The van der Waals surface area contributed by atoms with Crippen LogP contribution in [0.5, 0.6) is 11.5 Å². The van der Waals surface area contributed by atoms with Crippen molar-refractivity contribution in [2.45, 2.75) is 26.1 Å². The first-order valence-corrected chi connectivity index (χ1v) is 4.97. The molecule has 0 bridgehead atoms. The summed E-state index contributed by atoms with van der Waals surface area (Å²) in [7, 11) is 2.99. The summed E-state index contributed by atoms with van der Waals surface area (Å²) in [6, 6.07) is 3.15. The second-order valence-corrected chi connectivity index (χ2v) is 4.06. The molecule has 90 valence electrons. The molecule has 0 aliphatic rings. The molecule has 0 atom stereocenters. The van der Waals surface area contributed by atoms with E-state index in [4.69, 9.17) is 9.47 Å². The summed E-state index contributed by atoms with van der Waals surface area (Å²) < 4.78 is 23.0. The molecule has 0 amide bonds. The summed E-state index contributed by atoms with van der Waals surface area (Å²) in [5.41, 5.74) is -0.196. The molecule has 4 heteroatoms. The molecule has 0 saturated heterocycles. The van der Waals surface area contributed by atoms with Gasteiger partial charge in [-0.2, -0.15) is 0 Å². The normalized spacial score (nSPS) is 11.4. The molecule has 1 aromatic carbocycles. The maximum Gasteiger partial charge on any atom is 0.161 e. The summed E-state index contributed by atoms with van der Waals surface area (Å²) in [4.78, 5) is 0. The molecule has 0 spiro atoms. The minimum absolute atomic E-state index is 0.408. The van der Waals surface area contributed by atoms with Gasteiger partial charge in [-0.15, -0.1) is 0 Å². The number of benzene rings is 1. The van der Waals surface area contributed by atoms with E-state index in [0.717, 1.165) is 0 Å². The molecular weight excluding hydrogens is 211 g/mol. The number of hydrogen-bond donors (Lipinski definition) is 1. The Kier molecular flexibility index (Phi) is 3.75. The number of rotatable bonds is 4. The molecule has 0 saturated carbocycles. The van der Waals surface area contributed by atoms with Crippen molar-refractivity contribution in [1.82, 2.24) is 0 Å². The van der Waals surface area contributed by atoms with Gasteiger partial charge in [-0.1, -0.05) is 0 Å². The van der Waals surface area contributed by atoms with E-state index in [9.17, 15) is 9.50 Å². The SMILES string of the molecule is COc1cc(CF)c(C(C)(C)O)cc1OC. The zero-order valence-electron chi connectivity index (χ0n) is 10.0. The van der Waals surface area contributed by atoms with Gasteiger partial charge in [-0.3, -0.25) is 0 Å². The monoisotopic (exact) mass is 228 g/mol. The first kappa shape index (κ1) is 12.8. The zero-order valence-corrected chi connectivity index (χ0v) is 10.0. The topological polar surface area (TPSA) is 38.7 Å². The van der Waals surface area contributed by atoms with Crippen LogP contribution in [0.15, 0.2) is 12.1 Å². The average Bonchev–Trinajstić information content (AvgIpc) is 2.25. The van der Waals surface area contributed by atoms with Gasteiger partial charge in [-0.25, -0.2) is 4.39 Å². The van der Waals surface area contributed by atoms with Crippen LogP contribution in [-0.4, -0.2) is 19.3 Å². The van der Waals surface area contributed by atoms with Gasteiger partial charge >= 0.3 is 0 Å². The number of hydrogen-bond acceptors (Lipinski definition) is 3. The Hall–Kier alpha value is -1.29. The highest BCUT2D eigenvalue weighted by Crippen LogP contribution is 2.35. The van der Waals surface area contributed by atoms with Crippen LogP contribution in [0.3, 0.4) is 0 Å². The van der Waals surface area contributed by atoms with Crippen LogP contribution in [0.1, 0.15) is 25.0 Å². The maximum absolute atomic E-state index is 12.9. The van der Waals surface area contributed by atoms with Gasteiger partial charge in [0.2, 0.25) is 0 Å². The van der Waals surface area contributed by atoms with E-state index in [0.29, 0.717) is 22.6 Å². The average molecular weight is 228 g/mol. The van der Waals surface area contributed by atoms with E-state index in [1.165, 1.54) is 14.2 Å². The van der Waals surface area contributed by atoms with E-state index in [1.54, 1.807) is 26.0 Å². The Bertz CT molecular complexity index is 369. The quantitative estimate of drug-likeness (QED) is 0.860. The van der Waals surface area contributed by atoms with Crippen molar-refractivity contribution in [1.29, 1.82) is 0 Å². The second-order valence-electron chi connectivity index (χ2n) is 4.06. The molecule has 0 aliphatic carbocycles. The van der Waals surface area contributed by atoms with Gasteiger partial charge < -0.3 is 14.6 Å². The smallest absolute Gasteiger partial charge is 0.161 e. The minimum atomic E-state index is -1.11. The summed E-state index contributed by atoms with van der Waals surface area (Å²) in [5, 5.41) is 9.92. The van der Waals surface area contributed by atoms with Crippen molar-refractivity contribution in [2.75, 3.05) is 14.2 Å². The van der Waals surface area contributed by atoms with E-state index in [2.05, 4.69) is 0 Å². The predicted molar refractivity (Wildman–Crippen MR) is 59.6 cm³/mol. The molecule has 3 nitrogen and oxygen atoms in total. The lowest BCUT2D eigenvalue weighted by molar-refractivity contribution is 0.0766. The Balaban J connectivity index is 3.38.